The van der Waals surface area contributed by atoms with Crippen molar-refractivity contribution < 1.29 is 9.47 Å². The molecule has 3 heterocycles. The highest BCUT2D eigenvalue weighted by Crippen LogP contribution is 2.16. The van der Waals surface area contributed by atoms with E-state index in [1.54, 1.807) is 13.3 Å². The fourth-order valence-electron chi connectivity index (χ4n) is 3.22. The van der Waals surface area contributed by atoms with Gasteiger partial charge in [0.1, 0.15) is 12.4 Å². The van der Waals surface area contributed by atoms with Gasteiger partial charge in [0.2, 0.25) is 5.88 Å². The molecule has 0 saturated heterocycles. The van der Waals surface area contributed by atoms with Gasteiger partial charge in [0.15, 0.2) is 11.8 Å². The fourth-order valence-corrected chi connectivity index (χ4v) is 3.22. The number of methoxy groups -OCH3 is 1. The predicted octanol–water partition coefficient (Wildman–Crippen LogP) is 2.30. The van der Waals surface area contributed by atoms with Crippen LogP contribution >= 0.6 is 24.0 Å². The zero-order valence-electron chi connectivity index (χ0n) is 17.9. The molecular formula is C20H32IN7O2. The first kappa shape index (κ1) is 24.3. The van der Waals surface area contributed by atoms with Crippen LogP contribution in [0.25, 0.3) is 0 Å². The maximum absolute atomic E-state index is 5.74. The zero-order chi connectivity index (χ0) is 20.5. The van der Waals surface area contributed by atoms with Crippen LogP contribution < -0.4 is 15.4 Å². The molecule has 10 heteroatoms. The van der Waals surface area contributed by atoms with Crippen LogP contribution in [0.2, 0.25) is 0 Å². The van der Waals surface area contributed by atoms with Crippen LogP contribution in [0.1, 0.15) is 43.9 Å². The number of nitrogens with one attached hydrogen (secondary N) is 2. The van der Waals surface area contributed by atoms with E-state index in [0.717, 1.165) is 55.5 Å². The lowest BCUT2D eigenvalue weighted by Gasteiger charge is -2.25. The van der Waals surface area contributed by atoms with Gasteiger partial charge in [-0.15, -0.1) is 24.0 Å². The summed E-state index contributed by atoms with van der Waals surface area (Å²) in [5.74, 6) is 3.19. The average molecular weight is 529 g/mol. The molecule has 1 aliphatic rings. The lowest BCUT2D eigenvalue weighted by atomic mass is 10.1. The summed E-state index contributed by atoms with van der Waals surface area (Å²) in [5, 5.41) is 11.4. The molecule has 0 aliphatic carbocycles. The second-order valence-corrected chi connectivity index (χ2v) is 6.95. The lowest BCUT2D eigenvalue weighted by molar-refractivity contribution is 0.177. The lowest BCUT2D eigenvalue weighted by Crippen LogP contribution is -2.47. The summed E-state index contributed by atoms with van der Waals surface area (Å²) in [6.45, 7) is 7.28. The Hall–Kier alpha value is -1.95. The molecule has 1 atom stereocenters. The van der Waals surface area contributed by atoms with E-state index < -0.39 is 0 Å². The SMILES string of the molecule is CCCOc1ncccc1CN=C(NCC)NC1CCc2nc(COC)nn2C1.I. The minimum atomic E-state index is 0. The fraction of sp³-hybridized carbons (Fsp3) is 0.600. The number of guanidine groups is 1. The largest absolute Gasteiger partial charge is 0.477 e. The number of ether oxygens (including phenoxy) is 2. The summed E-state index contributed by atoms with van der Waals surface area (Å²) < 4.78 is 12.8. The smallest absolute Gasteiger partial charge is 0.218 e. The number of fused-ring (bicyclic) bond motifs is 1. The van der Waals surface area contributed by atoms with Crippen molar-refractivity contribution >= 4 is 29.9 Å². The number of aromatic nitrogens is 4. The molecule has 2 N–H and O–H groups in total. The molecule has 1 unspecified atom stereocenters. The Morgan fingerprint density at radius 3 is 3.00 bits per heavy atom. The standard InChI is InChI=1S/C20H31N7O2.HI/c1-4-11-29-19-15(7-6-10-22-19)12-23-20(21-5-2)24-16-8-9-18-25-17(14-28-3)26-27(18)13-16;/h6-7,10,16H,4-5,8-9,11-14H2,1-3H3,(H2,21,23,24);1H. The van der Waals surface area contributed by atoms with Gasteiger partial charge in [0.25, 0.3) is 0 Å². The van der Waals surface area contributed by atoms with E-state index in [-0.39, 0.29) is 30.0 Å². The molecule has 0 aromatic carbocycles. The highest BCUT2D eigenvalue weighted by Gasteiger charge is 2.22. The Morgan fingerprint density at radius 2 is 2.23 bits per heavy atom. The second-order valence-electron chi connectivity index (χ2n) is 6.95. The van der Waals surface area contributed by atoms with Crippen LogP contribution in [-0.4, -0.2) is 52.0 Å². The van der Waals surface area contributed by atoms with Gasteiger partial charge < -0.3 is 20.1 Å². The number of pyridine rings is 1. The normalized spacial score (nSPS) is 15.8. The third-order valence-corrected chi connectivity index (χ3v) is 4.56. The van der Waals surface area contributed by atoms with Crippen molar-refractivity contribution in [2.75, 3.05) is 20.3 Å². The van der Waals surface area contributed by atoms with Crippen LogP contribution in [0, 0.1) is 0 Å². The van der Waals surface area contributed by atoms with Gasteiger partial charge in [-0.2, -0.15) is 5.10 Å². The highest BCUT2D eigenvalue weighted by atomic mass is 127. The molecule has 0 amide bonds. The number of nitrogens with zero attached hydrogens (tertiary/aromatic N) is 5. The Balaban J connectivity index is 0.00000320. The first-order valence-electron chi connectivity index (χ1n) is 10.3. The topological polar surface area (TPSA) is 98.5 Å². The van der Waals surface area contributed by atoms with Gasteiger partial charge >= 0.3 is 0 Å². The van der Waals surface area contributed by atoms with Crippen molar-refractivity contribution in [3.8, 4) is 5.88 Å². The summed E-state index contributed by atoms with van der Waals surface area (Å²) in [7, 11) is 1.66. The molecule has 9 nitrogen and oxygen atoms in total. The number of halogens is 1. The molecule has 0 saturated carbocycles. The van der Waals surface area contributed by atoms with E-state index in [2.05, 4.69) is 39.5 Å². The number of hydrogen-bond donors (Lipinski definition) is 2. The van der Waals surface area contributed by atoms with E-state index in [0.29, 0.717) is 25.6 Å². The minimum Gasteiger partial charge on any atom is -0.477 e. The first-order chi connectivity index (χ1) is 14.2. The molecule has 30 heavy (non-hydrogen) atoms. The van der Waals surface area contributed by atoms with Gasteiger partial charge in [-0.1, -0.05) is 13.0 Å². The van der Waals surface area contributed by atoms with Crippen molar-refractivity contribution in [3.63, 3.8) is 0 Å². The monoisotopic (exact) mass is 529 g/mol. The van der Waals surface area contributed by atoms with Gasteiger partial charge in [-0.25, -0.2) is 19.6 Å². The molecule has 0 radical (unpaired) electrons. The Kier molecular flexibility index (Phi) is 10.3. The summed E-state index contributed by atoms with van der Waals surface area (Å²) in [4.78, 5) is 13.6. The zero-order valence-corrected chi connectivity index (χ0v) is 20.3. The second kappa shape index (κ2) is 12.7. The first-order valence-corrected chi connectivity index (χ1v) is 10.3. The van der Waals surface area contributed by atoms with Crippen LogP contribution in [0.3, 0.4) is 0 Å². The average Bonchev–Trinajstić information content (AvgIpc) is 3.13. The van der Waals surface area contributed by atoms with E-state index >= 15 is 0 Å². The predicted molar refractivity (Wildman–Crippen MR) is 126 cm³/mol. The molecule has 2 aromatic heterocycles. The third kappa shape index (κ3) is 6.79. The van der Waals surface area contributed by atoms with Crippen LogP contribution in [0.5, 0.6) is 5.88 Å². The number of rotatable bonds is 9. The third-order valence-electron chi connectivity index (χ3n) is 4.56. The van der Waals surface area contributed by atoms with Crippen LogP contribution in [-0.2, 0) is 30.9 Å². The van der Waals surface area contributed by atoms with E-state index in [9.17, 15) is 0 Å². The Bertz CT molecular complexity index is 812. The summed E-state index contributed by atoms with van der Waals surface area (Å²) in [6.07, 6.45) is 4.55. The van der Waals surface area contributed by atoms with Crippen LogP contribution in [0.4, 0.5) is 0 Å². The van der Waals surface area contributed by atoms with E-state index in [1.807, 2.05) is 16.8 Å². The van der Waals surface area contributed by atoms with E-state index in [4.69, 9.17) is 14.5 Å². The number of aryl methyl sites for hydroxylation is 1. The van der Waals surface area contributed by atoms with Gasteiger partial charge in [-0.3, -0.25) is 0 Å². The van der Waals surface area contributed by atoms with Crippen molar-refractivity contribution in [1.29, 1.82) is 0 Å². The molecule has 1 aliphatic heterocycles. The maximum atomic E-state index is 5.74. The van der Waals surface area contributed by atoms with Crippen LogP contribution in [0.15, 0.2) is 23.3 Å². The molecular weight excluding hydrogens is 497 g/mol. The van der Waals surface area contributed by atoms with Crippen molar-refractivity contribution in [1.82, 2.24) is 30.4 Å². The van der Waals surface area contributed by atoms with Gasteiger partial charge in [-0.05, 0) is 25.8 Å². The number of aliphatic imine (C=N–C) groups is 1. The molecule has 3 rings (SSSR count). The molecule has 0 fully saturated rings. The van der Waals surface area contributed by atoms with Crippen molar-refractivity contribution in [2.45, 2.75) is 58.8 Å². The maximum Gasteiger partial charge on any atom is 0.218 e. The minimum absolute atomic E-state index is 0. The number of hydrogen-bond acceptors (Lipinski definition) is 6. The highest BCUT2D eigenvalue weighted by molar-refractivity contribution is 14.0. The summed E-state index contributed by atoms with van der Waals surface area (Å²) >= 11 is 0. The van der Waals surface area contributed by atoms with E-state index in [1.165, 1.54) is 0 Å². The Morgan fingerprint density at radius 1 is 1.37 bits per heavy atom. The molecule has 166 valence electrons. The molecule has 2 aromatic rings. The van der Waals surface area contributed by atoms with Gasteiger partial charge in [0.05, 0.1) is 19.7 Å². The van der Waals surface area contributed by atoms with Crippen molar-refractivity contribution in [2.24, 2.45) is 4.99 Å². The Labute approximate surface area is 195 Å². The quantitative estimate of drug-likeness (QED) is 0.292. The summed E-state index contributed by atoms with van der Waals surface area (Å²) in [6, 6.07) is 4.15. The van der Waals surface area contributed by atoms with Crippen molar-refractivity contribution in [3.05, 3.63) is 35.5 Å². The molecule has 0 spiro atoms. The summed E-state index contributed by atoms with van der Waals surface area (Å²) in [5.41, 5.74) is 0.976. The molecule has 0 bridgehead atoms. The van der Waals surface area contributed by atoms with Gasteiger partial charge in [0, 0.05) is 37.9 Å².